The van der Waals surface area contributed by atoms with E-state index in [4.69, 9.17) is 10.5 Å². The summed E-state index contributed by atoms with van der Waals surface area (Å²) in [5, 5.41) is 2.30. The van der Waals surface area contributed by atoms with Crippen LogP contribution < -0.4 is 10.5 Å². The first-order chi connectivity index (χ1) is 10.3. The lowest BCUT2D eigenvalue weighted by molar-refractivity contribution is 0.488. The zero-order valence-electron chi connectivity index (χ0n) is 12.1. The highest BCUT2D eigenvalue weighted by molar-refractivity contribution is 5.88. The van der Waals surface area contributed by atoms with Crippen molar-refractivity contribution >= 4 is 10.8 Å². The minimum Gasteiger partial charge on any atom is -0.457 e. The molecule has 0 bridgehead atoms. The lowest BCUT2D eigenvalue weighted by Gasteiger charge is -2.12. The Balaban J connectivity index is 1.88. The first kappa shape index (κ1) is 13.7. The van der Waals surface area contributed by atoms with Crippen molar-refractivity contribution in [3.8, 4) is 11.5 Å². The van der Waals surface area contributed by atoms with Crippen molar-refractivity contribution in [3.63, 3.8) is 0 Å². The van der Waals surface area contributed by atoms with E-state index in [0.717, 1.165) is 28.9 Å². The van der Waals surface area contributed by atoms with Crippen LogP contribution in [0.1, 0.15) is 24.9 Å². The summed E-state index contributed by atoms with van der Waals surface area (Å²) < 4.78 is 6.02. The maximum Gasteiger partial charge on any atom is 0.135 e. The van der Waals surface area contributed by atoms with Gasteiger partial charge in [0.15, 0.2) is 0 Å². The summed E-state index contributed by atoms with van der Waals surface area (Å²) in [5.74, 6) is 1.71. The molecule has 2 N–H and O–H groups in total. The Morgan fingerprint density at radius 2 is 1.62 bits per heavy atom. The minimum absolute atomic E-state index is 0.0941. The highest BCUT2D eigenvalue weighted by atomic mass is 16.5. The molecule has 0 aliphatic carbocycles. The van der Waals surface area contributed by atoms with Crippen LogP contribution in [0.25, 0.3) is 10.8 Å². The molecular formula is C19H19NO. The number of rotatable bonds is 4. The summed E-state index contributed by atoms with van der Waals surface area (Å²) in [6.45, 7) is 2.09. The molecule has 21 heavy (non-hydrogen) atoms. The van der Waals surface area contributed by atoms with Gasteiger partial charge in [0.2, 0.25) is 0 Å². The molecule has 0 radical (unpaired) electrons. The van der Waals surface area contributed by atoms with Gasteiger partial charge in [0.1, 0.15) is 11.5 Å². The Hall–Kier alpha value is -2.32. The van der Waals surface area contributed by atoms with Gasteiger partial charge in [-0.3, -0.25) is 0 Å². The highest BCUT2D eigenvalue weighted by Gasteiger charge is 2.05. The molecule has 0 aromatic heterocycles. The van der Waals surface area contributed by atoms with Crippen LogP contribution in [-0.4, -0.2) is 0 Å². The first-order valence-corrected chi connectivity index (χ1v) is 7.29. The standard InChI is InChI=1S/C19H19NO/c1-2-18(20)15-10-12-16(13-11-15)21-19-9-5-7-14-6-3-4-8-17(14)19/h3-13,18H,2,20H2,1H3/t18-/m0/s1. The van der Waals surface area contributed by atoms with E-state index in [1.54, 1.807) is 0 Å². The van der Waals surface area contributed by atoms with Crippen LogP contribution in [-0.2, 0) is 0 Å². The fourth-order valence-corrected chi connectivity index (χ4v) is 2.43. The Morgan fingerprint density at radius 1 is 0.905 bits per heavy atom. The van der Waals surface area contributed by atoms with Gasteiger partial charge in [-0.1, -0.05) is 55.5 Å². The maximum atomic E-state index is 6.03. The second kappa shape index (κ2) is 5.98. The minimum atomic E-state index is 0.0941. The summed E-state index contributed by atoms with van der Waals surface area (Å²) in [6.07, 6.45) is 0.934. The second-order valence-electron chi connectivity index (χ2n) is 5.16. The van der Waals surface area contributed by atoms with E-state index in [1.165, 1.54) is 5.39 Å². The van der Waals surface area contributed by atoms with E-state index in [-0.39, 0.29) is 6.04 Å². The Kier molecular flexibility index (Phi) is 3.89. The zero-order valence-corrected chi connectivity index (χ0v) is 12.1. The van der Waals surface area contributed by atoms with Crippen molar-refractivity contribution in [3.05, 3.63) is 72.3 Å². The van der Waals surface area contributed by atoms with E-state index >= 15 is 0 Å². The molecule has 2 heteroatoms. The molecule has 0 saturated carbocycles. The molecule has 0 amide bonds. The van der Waals surface area contributed by atoms with Crippen molar-refractivity contribution in [2.75, 3.05) is 0 Å². The average Bonchev–Trinajstić information content (AvgIpc) is 2.55. The molecule has 106 valence electrons. The summed E-state index contributed by atoms with van der Waals surface area (Å²) >= 11 is 0. The largest absolute Gasteiger partial charge is 0.457 e. The smallest absolute Gasteiger partial charge is 0.135 e. The first-order valence-electron chi connectivity index (χ1n) is 7.29. The fraction of sp³-hybridized carbons (Fsp3) is 0.158. The molecule has 3 rings (SSSR count). The summed E-state index contributed by atoms with van der Waals surface area (Å²) in [7, 11) is 0. The number of fused-ring (bicyclic) bond motifs is 1. The number of nitrogens with two attached hydrogens (primary N) is 1. The van der Waals surface area contributed by atoms with Gasteiger partial charge < -0.3 is 10.5 Å². The lowest BCUT2D eigenvalue weighted by Crippen LogP contribution is -2.07. The summed E-state index contributed by atoms with van der Waals surface area (Å²) in [6, 6.07) is 22.4. The van der Waals surface area contributed by atoms with Crippen molar-refractivity contribution in [1.29, 1.82) is 0 Å². The molecule has 0 unspecified atom stereocenters. The number of ether oxygens (including phenoxy) is 1. The van der Waals surface area contributed by atoms with Gasteiger partial charge in [-0.05, 0) is 35.6 Å². The molecule has 3 aromatic carbocycles. The van der Waals surface area contributed by atoms with Gasteiger partial charge in [-0.15, -0.1) is 0 Å². The fourth-order valence-electron chi connectivity index (χ4n) is 2.43. The predicted octanol–water partition coefficient (Wildman–Crippen LogP) is 5.04. The molecule has 3 aromatic rings. The normalized spacial score (nSPS) is 12.3. The number of benzene rings is 3. The molecule has 0 saturated heterocycles. The average molecular weight is 277 g/mol. The zero-order chi connectivity index (χ0) is 14.7. The Labute approximate surface area is 125 Å². The van der Waals surface area contributed by atoms with Crippen LogP contribution in [0.5, 0.6) is 11.5 Å². The van der Waals surface area contributed by atoms with Crippen molar-refractivity contribution < 1.29 is 4.74 Å². The van der Waals surface area contributed by atoms with E-state index in [1.807, 2.05) is 48.5 Å². The van der Waals surface area contributed by atoms with Crippen LogP contribution in [0.3, 0.4) is 0 Å². The predicted molar refractivity (Wildman–Crippen MR) is 87.7 cm³/mol. The van der Waals surface area contributed by atoms with Gasteiger partial charge in [0.05, 0.1) is 0 Å². The third-order valence-electron chi connectivity index (χ3n) is 3.73. The van der Waals surface area contributed by atoms with Gasteiger partial charge in [-0.2, -0.15) is 0 Å². The van der Waals surface area contributed by atoms with E-state index in [0.29, 0.717) is 0 Å². The Morgan fingerprint density at radius 3 is 2.38 bits per heavy atom. The second-order valence-corrected chi connectivity index (χ2v) is 5.16. The monoisotopic (exact) mass is 277 g/mol. The number of hydrogen-bond acceptors (Lipinski definition) is 2. The maximum absolute atomic E-state index is 6.03. The Bertz CT molecular complexity index is 729. The molecule has 0 spiro atoms. The van der Waals surface area contributed by atoms with Crippen LogP contribution in [0.4, 0.5) is 0 Å². The van der Waals surface area contributed by atoms with Crippen LogP contribution in [0, 0.1) is 0 Å². The summed E-state index contributed by atoms with van der Waals surface area (Å²) in [5.41, 5.74) is 7.17. The van der Waals surface area contributed by atoms with Crippen LogP contribution in [0.2, 0.25) is 0 Å². The number of hydrogen-bond donors (Lipinski definition) is 1. The highest BCUT2D eigenvalue weighted by Crippen LogP contribution is 2.30. The van der Waals surface area contributed by atoms with Gasteiger partial charge >= 0.3 is 0 Å². The van der Waals surface area contributed by atoms with Gasteiger partial charge in [0.25, 0.3) is 0 Å². The van der Waals surface area contributed by atoms with Crippen LogP contribution in [0.15, 0.2) is 66.7 Å². The third-order valence-corrected chi connectivity index (χ3v) is 3.73. The quantitative estimate of drug-likeness (QED) is 0.725. The molecule has 1 atom stereocenters. The van der Waals surface area contributed by atoms with Crippen molar-refractivity contribution in [2.24, 2.45) is 5.73 Å². The molecule has 0 aliphatic rings. The molecule has 0 aliphatic heterocycles. The third kappa shape index (κ3) is 2.91. The lowest BCUT2D eigenvalue weighted by atomic mass is 10.1. The van der Waals surface area contributed by atoms with Gasteiger partial charge in [0, 0.05) is 11.4 Å². The molecule has 0 heterocycles. The van der Waals surface area contributed by atoms with E-state index in [9.17, 15) is 0 Å². The molecule has 2 nitrogen and oxygen atoms in total. The SMILES string of the molecule is CC[C@H](N)c1ccc(Oc2cccc3ccccc23)cc1. The van der Waals surface area contributed by atoms with E-state index < -0.39 is 0 Å². The van der Waals surface area contributed by atoms with E-state index in [2.05, 4.69) is 25.1 Å². The van der Waals surface area contributed by atoms with Crippen molar-refractivity contribution in [2.45, 2.75) is 19.4 Å². The molecule has 0 fully saturated rings. The summed E-state index contributed by atoms with van der Waals surface area (Å²) in [4.78, 5) is 0. The van der Waals surface area contributed by atoms with Gasteiger partial charge in [-0.25, -0.2) is 0 Å². The molecular weight excluding hydrogens is 258 g/mol. The van der Waals surface area contributed by atoms with Crippen molar-refractivity contribution in [1.82, 2.24) is 0 Å². The van der Waals surface area contributed by atoms with Crippen LogP contribution >= 0.6 is 0 Å². The topological polar surface area (TPSA) is 35.2 Å².